The van der Waals surface area contributed by atoms with Gasteiger partial charge in [-0.05, 0) is 6.26 Å². The molecular formula is C5H9N3S3. The summed E-state index contributed by atoms with van der Waals surface area (Å²) in [6, 6.07) is 0. The zero-order valence-electron chi connectivity index (χ0n) is 6.11. The van der Waals surface area contributed by atoms with Crippen LogP contribution in [-0.2, 0) is 0 Å². The van der Waals surface area contributed by atoms with Gasteiger partial charge in [0.25, 0.3) is 0 Å². The van der Waals surface area contributed by atoms with Crippen molar-refractivity contribution in [2.45, 2.75) is 8.68 Å². The average Bonchev–Trinajstić information content (AvgIpc) is 2.48. The summed E-state index contributed by atoms with van der Waals surface area (Å²) in [6.45, 7) is 0.693. The van der Waals surface area contributed by atoms with E-state index in [2.05, 4.69) is 10.2 Å². The Kier molecular flexibility index (Phi) is 4.21. The van der Waals surface area contributed by atoms with Crippen LogP contribution in [0, 0.1) is 0 Å². The minimum Gasteiger partial charge on any atom is -0.330 e. The molecule has 0 radical (unpaired) electrons. The van der Waals surface area contributed by atoms with Crippen LogP contribution in [-0.4, -0.2) is 28.8 Å². The van der Waals surface area contributed by atoms with E-state index in [4.69, 9.17) is 5.73 Å². The van der Waals surface area contributed by atoms with Gasteiger partial charge in [-0.1, -0.05) is 34.9 Å². The quantitative estimate of drug-likeness (QED) is 0.754. The van der Waals surface area contributed by atoms with Crippen molar-refractivity contribution in [3.63, 3.8) is 0 Å². The summed E-state index contributed by atoms with van der Waals surface area (Å²) in [4.78, 5) is 0. The molecular weight excluding hydrogens is 198 g/mol. The molecule has 1 heterocycles. The van der Waals surface area contributed by atoms with E-state index >= 15 is 0 Å². The van der Waals surface area contributed by atoms with Crippen LogP contribution < -0.4 is 5.73 Å². The van der Waals surface area contributed by atoms with Crippen LogP contribution in [0.25, 0.3) is 0 Å². The summed E-state index contributed by atoms with van der Waals surface area (Å²) >= 11 is 4.91. The molecule has 0 saturated heterocycles. The van der Waals surface area contributed by atoms with Crippen molar-refractivity contribution in [2.24, 2.45) is 5.73 Å². The fourth-order valence-corrected chi connectivity index (χ4v) is 2.76. The topological polar surface area (TPSA) is 51.8 Å². The van der Waals surface area contributed by atoms with Gasteiger partial charge in [-0.25, -0.2) is 0 Å². The molecule has 0 bridgehead atoms. The molecule has 0 unspecified atom stereocenters. The van der Waals surface area contributed by atoms with Crippen LogP contribution in [0.3, 0.4) is 0 Å². The van der Waals surface area contributed by atoms with E-state index < -0.39 is 0 Å². The van der Waals surface area contributed by atoms with Crippen molar-refractivity contribution in [2.75, 3.05) is 18.6 Å². The first-order valence-corrected chi connectivity index (χ1v) is 6.10. The van der Waals surface area contributed by atoms with Crippen LogP contribution in [0.2, 0.25) is 0 Å². The Morgan fingerprint density at radius 1 is 1.45 bits per heavy atom. The van der Waals surface area contributed by atoms with Crippen LogP contribution in [0.4, 0.5) is 0 Å². The predicted octanol–water partition coefficient (Wildman–Crippen LogP) is 1.31. The maximum atomic E-state index is 5.35. The smallest absolute Gasteiger partial charge is 0.175 e. The standard InChI is InChI=1S/C5H9N3S3/c1-9-4-7-8-5(11-4)10-3-2-6/h2-3,6H2,1H3. The molecule has 3 nitrogen and oxygen atoms in total. The number of hydrogen-bond acceptors (Lipinski definition) is 6. The Morgan fingerprint density at radius 2 is 2.18 bits per heavy atom. The lowest BCUT2D eigenvalue weighted by molar-refractivity contribution is 0.955. The molecule has 6 heteroatoms. The molecule has 1 aromatic heterocycles. The Labute approximate surface area is 78.2 Å². The van der Waals surface area contributed by atoms with Crippen LogP contribution >= 0.6 is 34.9 Å². The summed E-state index contributed by atoms with van der Waals surface area (Å²) in [5.41, 5.74) is 5.35. The first-order valence-electron chi connectivity index (χ1n) is 3.07. The lowest BCUT2D eigenvalue weighted by atomic mass is 10.8. The molecule has 0 spiro atoms. The monoisotopic (exact) mass is 207 g/mol. The predicted molar refractivity (Wildman–Crippen MR) is 51.5 cm³/mol. The first-order chi connectivity index (χ1) is 5.36. The van der Waals surface area contributed by atoms with Crippen molar-refractivity contribution in [1.29, 1.82) is 0 Å². The van der Waals surface area contributed by atoms with E-state index in [1.54, 1.807) is 34.9 Å². The number of thioether (sulfide) groups is 2. The summed E-state index contributed by atoms with van der Waals surface area (Å²) in [5, 5.41) is 7.94. The third kappa shape index (κ3) is 2.98. The van der Waals surface area contributed by atoms with Gasteiger partial charge >= 0.3 is 0 Å². The number of nitrogens with zero attached hydrogens (tertiary/aromatic N) is 2. The van der Waals surface area contributed by atoms with Gasteiger partial charge in [-0.15, -0.1) is 10.2 Å². The Morgan fingerprint density at radius 3 is 2.73 bits per heavy atom. The van der Waals surface area contributed by atoms with Gasteiger partial charge in [-0.3, -0.25) is 0 Å². The van der Waals surface area contributed by atoms with Crippen LogP contribution in [0.5, 0.6) is 0 Å². The molecule has 11 heavy (non-hydrogen) atoms. The Bertz CT molecular complexity index is 212. The second-order valence-electron chi connectivity index (χ2n) is 1.68. The van der Waals surface area contributed by atoms with Crippen LogP contribution in [0.1, 0.15) is 0 Å². The number of aromatic nitrogens is 2. The van der Waals surface area contributed by atoms with Gasteiger partial charge in [0.1, 0.15) is 0 Å². The van der Waals surface area contributed by atoms with E-state index in [0.717, 1.165) is 14.4 Å². The lowest BCUT2D eigenvalue weighted by Crippen LogP contribution is -2.00. The highest BCUT2D eigenvalue weighted by molar-refractivity contribution is 8.02. The van der Waals surface area contributed by atoms with Crippen molar-refractivity contribution < 1.29 is 0 Å². The van der Waals surface area contributed by atoms with E-state index in [9.17, 15) is 0 Å². The Balaban J connectivity index is 2.44. The van der Waals surface area contributed by atoms with Gasteiger partial charge in [0.2, 0.25) is 0 Å². The fourth-order valence-electron chi connectivity index (χ4n) is 0.484. The molecule has 0 aliphatic carbocycles. The van der Waals surface area contributed by atoms with Gasteiger partial charge < -0.3 is 5.73 Å². The highest BCUT2D eigenvalue weighted by atomic mass is 32.2. The van der Waals surface area contributed by atoms with Crippen molar-refractivity contribution in [3.05, 3.63) is 0 Å². The number of hydrogen-bond donors (Lipinski definition) is 1. The van der Waals surface area contributed by atoms with Gasteiger partial charge in [-0.2, -0.15) is 0 Å². The highest BCUT2D eigenvalue weighted by Crippen LogP contribution is 2.26. The molecule has 0 amide bonds. The molecule has 0 aliphatic heterocycles. The minimum atomic E-state index is 0.693. The normalized spacial score (nSPS) is 10.4. The second kappa shape index (κ2) is 4.97. The van der Waals surface area contributed by atoms with Gasteiger partial charge in [0.05, 0.1) is 0 Å². The van der Waals surface area contributed by atoms with Crippen molar-refractivity contribution >= 4 is 34.9 Å². The molecule has 0 aliphatic rings. The zero-order chi connectivity index (χ0) is 8.10. The second-order valence-corrected chi connectivity index (χ2v) is 5.05. The third-order valence-electron chi connectivity index (χ3n) is 0.906. The molecule has 0 atom stereocenters. The summed E-state index contributed by atoms with van der Waals surface area (Å²) in [6.07, 6.45) is 2.00. The maximum Gasteiger partial charge on any atom is 0.175 e. The highest BCUT2D eigenvalue weighted by Gasteiger charge is 2.01. The molecule has 2 N–H and O–H groups in total. The van der Waals surface area contributed by atoms with Crippen LogP contribution in [0.15, 0.2) is 8.68 Å². The van der Waals surface area contributed by atoms with Crippen molar-refractivity contribution in [1.82, 2.24) is 10.2 Å². The largest absolute Gasteiger partial charge is 0.330 e. The van der Waals surface area contributed by atoms with E-state index in [1.165, 1.54) is 0 Å². The number of rotatable bonds is 4. The zero-order valence-corrected chi connectivity index (χ0v) is 8.56. The van der Waals surface area contributed by atoms with Gasteiger partial charge in [0.15, 0.2) is 8.68 Å². The summed E-state index contributed by atoms with van der Waals surface area (Å²) < 4.78 is 2.03. The third-order valence-corrected chi connectivity index (χ3v) is 3.97. The van der Waals surface area contributed by atoms with E-state index in [1.807, 2.05) is 6.26 Å². The molecule has 0 aromatic carbocycles. The maximum absolute atomic E-state index is 5.35. The molecule has 1 rings (SSSR count). The molecule has 62 valence electrons. The van der Waals surface area contributed by atoms with Crippen molar-refractivity contribution in [3.8, 4) is 0 Å². The summed E-state index contributed by atoms with van der Waals surface area (Å²) in [7, 11) is 0. The SMILES string of the molecule is CSc1nnc(SCCN)s1. The summed E-state index contributed by atoms with van der Waals surface area (Å²) in [5.74, 6) is 0.920. The number of nitrogens with two attached hydrogens (primary N) is 1. The first kappa shape index (κ1) is 9.31. The van der Waals surface area contributed by atoms with E-state index in [-0.39, 0.29) is 0 Å². The molecule has 0 fully saturated rings. The van der Waals surface area contributed by atoms with E-state index in [0.29, 0.717) is 6.54 Å². The average molecular weight is 207 g/mol. The Hall–Kier alpha value is 0.220. The van der Waals surface area contributed by atoms with Gasteiger partial charge in [0, 0.05) is 12.3 Å². The minimum absolute atomic E-state index is 0.693. The lowest BCUT2D eigenvalue weighted by Gasteiger charge is -1.88. The molecule has 0 saturated carbocycles. The molecule has 1 aromatic rings. The fraction of sp³-hybridized carbons (Fsp3) is 0.600.